The molecular weight excluding hydrogens is 222 g/mol. The minimum Gasteiger partial charge on any atom is -0.493 e. The van der Waals surface area contributed by atoms with Gasteiger partial charge in [-0.15, -0.1) is 0 Å². The molecule has 0 aromatic heterocycles. The molecule has 0 atom stereocenters. The Hall–Kier alpha value is -1.02. The van der Waals surface area contributed by atoms with E-state index in [-0.39, 0.29) is 0 Å². The summed E-state index contributed by atoms with van der Waals surface area (Å²) in [5, 5.41) is 0. The summed E-state index contributed by atoms with van der Waals surface area (Å²) in [4.78, 5) is 2.43. The van der Waals surface area contributed by atoms with Crippen LogP contribution in [0.5, 0.6) is 5.75 Å². The van der Waals surface area contributed by atoms with Gasteiger partial charge in [-0.1, -0.05) is 45.9 Å². The van der Waals surface area contributed by atoms with Gasteiger partial charge in [0, 0.05) is 6.54 Å². The van der Waals surface area contributed by atoms with Gasteiger partial charge in [0.05, 0.1) is 6.61 Å². The van der Waals surface area contributed by atoms with Gasteiger partial charge in [-0.3, -0.25) is 0 Å². The number of hydrogen-bond acceptors (Lipinski definition) is 2. The van der Waals surface area contributed by atoms with Gasteiger partial charge in [-0.25, -0.2) is 0 Å². The first kappa shape index (κ1) is 15.0. The zero-order chi connectivity index (χ0) is 13.4. The predicted octanol–water partition coefficient (Wildman–Crippen LogP) is 3.92. The highest BCUT2D eigenvalue weighted by molar-refractivity contribution is 5.35. The third-order valence-corrected chi connectivity index (χ3v) is 3.31. The minimum absolute atomic E-state index is 0.518. The lowest BCUT2D eigenvalue weighted by Crippen LogP contribution is -2.25. The molecule has 102 valence electrons. The summed E-state index contributed by atoms with van der Waals surface area (Å²) in [6, 6.07) is 8.36. The number of hydrogen-bond donors (Lipinski definition) is 0. The molecule has 0 saturated heterocycles. The average Bonchev–Trinajstić information content (AvgIpc) is 2.39. The first-order valence-electron chi connectivity index (χ1n) is 7.13. The molecule has 2 nitrogen and oxygen atoms in total. The Morgan fingerprint density at radius 3 is 2.39 bits per heavy atom. The van der Waals surface area contributed by atoms with Crippen LogP contribution < -0.4 is 4.74 Å². The van der Waals surface area contributed by atoms with Crippen LogP contribution in [0.3, 0.4) is 0 Å². The van der Waals surface area contributed by atoms with Crippen molar-refractivity contribution in [2.45, 2.75) is 40.0 Å². The van der Waals surface area contributed by atoms with Gasteiger partial charge in [-0.2, -0.15) is 0 Å². The molecule has 0 unspecified atom stereocenters. The molecule has 0 fully saturated rings. The first-order valence-corrected chi connectivity index (χ1v) is 7.13. The van der Waals surface area contributed by atoms with Crippen LogP contribution in [0.1, 0.15) is 45.6 Å². The maximum absolute atomic E-state index is 5.91. The van der Waals surface area contributed by atoms with Crippen molar-refractivity contribution >= 4 is 0 Å². The lowest BCUT2D eigenvalue weighted by Gasteiger charge is -2.18. The molecule has 0 saturated carbocycles. The number of ether oxygens (including phenoxy) is 1. The largest absolute Gasteiger partial charge is 0.493 e. The second-order valence-electron chi connectivity index (χ2n) is 4.92. The lowest BCUT2D eigenvalue weighted by atomic mass is 10.0. The van der Waals surface area contributed by atoms with Crippen LogP contribution in [0.2, 0.25) is 0 Å². The molecule has 0 N–H and O–H groups in total. The molecular formula is C16H27NO. The summed E-state index contributed by atoms with van der Waals surface area (Å²) in [6.07, 6.45) is 1.09. The number of para-hydroxylation sites is 1. The van der Waals surface area contributed by atoms with Gasteiger partial charge in [0.1, 0.15) is 5.75 Å². The van der Waals surface area contributed by atoms with Gasteiger partial charge in [-0.05, 0) is 37.1 Å². The first-order chi connectivity index (χ1) is 8.69. The normalized spacial score (nSPS) is 11.2. The fraction of sp³-hybridized carbons (Fsp3) is 0.625. The summed E-state index contributed by atoms with van der Waals surface area (Å²) < 4.78 is 5.91. The Balaban J connectivity index is 2.39. The van der Waals surface area contributed by atoms with Crippen molar-refractivity contribution in [2.75, 3.05) is 26.2 Å². The van der Waals surface area contributed by atoms with Crippen molar-refractivity contribution in [1.82, 2.24) is 4.90 Å². The summed E-state index contributed by atoms with van der Waals surface area (Å²) in [5.41, 5.74) is 1.31. The molecule has 2 heteroatoms. The van der Waals surface area contributed by atoms with Crippen LogP contribution in [-0.4, -0.2) is 31.1 Å². The molecule has 0 aliphatic heterocycles. The van der Waals surface area contributed by atoms with Crippen molar-refractivity contribution in [2.24, 2.45) is 0 Å². The summed E-state index contributed by atoms with van der Waals surface area (Å²) in [5.74, 6) is 1.57. The van der Waals surface area contributed by atoms with Crippen molar-refractivity contribution in [3.63, 3.8) is 0 Å². The molecule has 0 aliphatic carbocycles. The average molecular weight is 249 g/mol. The molecule has 1 rings (SSSR count). The van der Waals surface area contributed by atoms with E-state index in [1.165, 1.54) is 5.56 Å². The molecule has 1 aromatic carbocycles. The fourth-order valence-corrected chi connectivity index (χ4v) is 2.10. The van der Waals surface area contributed by atoms with Gasteiger partial charge in [0.25, 0.3) is 0 Å². The van der Waals surface area contributed by atoms with Gasteiger partial charge >= 0.3 is 0 Å². The molecule has 0 bridgehead atoms. The van der Waals surface area contributed by atoms with Gasteiger partial charge in [0.2, 0.25) is 0 Å². The number of nitrogens with zero attached hydrogens (tertiary/aromatic N) is 1. The molecule has 18 heavy (non-hydrogen) atoms. The second kappa shape index (κ2) is 8.15. The van der Waals surface area contributed by atoms with E-state index in [1.54, 1.807) is 0 Å². The van der Waals surface area contributed by atoms with E-state index in [0.29, 0.717) is 5.92 Å². The third kappa shape index (κ3) is 4.69. The van der Waals surface area contributed by atoms with Crippen molar-refractivity contribution < 1.29 is 4.74 Å². The standard InChI is InChI=1S/C16H27NO/c1-5-17(6-2)12-9-13-18-16-11-8-7-10-15(16)14(3)4/h7-8,10-11,14H,5-6,9,12-13H2,1-4H3. The van der Waals surface area contributed by atoms with Crippen LogP contribution in [0.15, 0.2) is 24.3 Å². The maximum atomic E-state index is 5.91. The van der Waals surface area contributed by atoms with E-state index < -0.39 is 0 Å². The fourth-order valence-electron chi connectivity index (χ4n) is 2.10. The van der Waals surface area contributed by atoms with Gasteiger partial charge in [0.15, 0.2) is 0 Å². The van der Waals surface area contributed by atoms with Crippen LogP contribution >= 0.6 is 0 Å². The van der Waals surface area contributed by atoms with Crippen LogP contribution in [0.4, 0.5) is 0 Å². The van der Waals surface area contributed by atoms with Crippen molar-refractivity contribution in [3.05, 3.63) is 29.8 Å². The molecule has 0 radical (unpaired) electrons. The Morgan fingerprint density at radius 1 is 1.11 bits per heavy atom. The van der Waals surface area contributed by atoms with Crippen LogP contribution in [0.25, 0.3) is 0 Å². The summed E-state index contributed by atoms with van der Waals surface area (Å²) >= 11 is 0. The lowest BCUT2D eigenvalue weighted by molar-refractivity contribution is 0.247. The third-order valence-electron chi connectivity index (χ3n) is 3.31. The molecule has 0 heterocycles. The van der Waals surface area contributed by atoms with Crippen molar-refractivity contribution in [3.8, 4) is 5.75 Å². The van der Waals surface area contributed by atoms with E-state index in [2.05, 4.69) is 50.8 Å². The number of benzene rings is 1. The zero-order valence-corrected chi connectivity index (χ0v) is 12.3. The Kier molecular flexibility index (Phi) is 6.81. The molecule has 0 spiro atoms. The highest BCUT2D eigenvalue weighted by Gasteiger charge is 2.06. The Labute approximate surface area is 112 Å². The van der Waals surface area contributed by atoms with Crippen LogP contribution in [-0.2, 0) is 0 Å². The van der Waals surface area contributed by atoms with Crippen LogP contribution in [0, 0.1) is 0 Å². The molecule has 0 aliphatic rings. The number of rotatable bonds is 8. The highest BCUT2D eigenvalue weighted by Crippen LogP contribution is 2.25. The second-order valence-corrected chi connectivity index (χ2v) is 4.92. The monoisotopic (exact) mass is 249 g/mol. The molecule has 0 amide bonds. The summed E-state index contributed by atoms with van der Waals surface area (Å²) in [7, 11) is 0. The van der Waals surface area contributed by atoms with Gasteiger partial charge < -0.3 is 9.64 Å². The van der Waals surface area contributed by atoms with E-state index >= 15 is 0 Å². The Bertz CT molecular complexity index is 332. The SMILES string of the molecule is CCN(CC)CCCOc1ccccc1C(C)C. The van der Waals surface area contributed by atoms with Crippen molar-refractivity contribution in [1.29, 1.82) is 0 Å². The quantitative estimate of drug-likeness (QED) is 0.647. The smallest absolute Gasteiger partial charge is 0.122 e. The zero-order valence-electron chi connectivity index (χ0n) is 12.3. The van der Waals surface area contributed by atoms with E-state index in [0.717, 1.165) is 38.4 Å². The van der Waals surface area contributed by atoms with E-state index in [4.69, 9.17) is 4.74 Å². The predicted molar refractivity (Wildman–Crippen MR) is 78.4 cm³/mol. The highest BCUT2D eigenvalue weighted by atomic mass is 16.5. The maximum Gasteiger partial charge on any atom is 0.122 e. The topological polar surface area (TPSA) is 12.5 Å². The van der Waals surface area contributed by atoms with E-state index in [9.17, 15) is 0 Å². The Morgan fingerprint density at radius 2 is 1.78 bits per heavy atom. The minimum atomic E-state index is 0.518. The van der Waals surface area contributed by atoms with E-state index in [1.807, 2.05) is 6.07 Å². The summed E-state index contributed by atoms with van der Waals surface area (Å²) in [6.45, 7) is 13.0. The molecule has 1 aromatic rings.